The Kier molecular flexibility index (Phi) is 4.89. The van der Waals surface area contributed by atoms with Crippen LogP contribution in [0.1, 0.15) is 24.8 Å². The van der Waals surface area contributed by atoms with Crippen LogP contribution in [0.3, 0.4) is 0 Å². The van der Waals surface area contributed by atoms with Crippen molar-refractivity contribution in [3.8, 4) is 0 Å². The van der Waals surface area contributed by atoms with Crippen LogP contribution in [-0.2, 0) is 14.8 Å². The number of piperidine rings is 1. The van der Waals surface area contributed by atoms with Gasteiger partial charge in [-0.05, 0) is 74.5 Å². The highest BCUT2D eigenvalue weighted by atomic mass is 32.2. The second-order valence-electron chi connectivity index (χ2n) is 7.81. The van der Waals surface area contributed by atoms with E-state index in [9.17, 15) is 13.2 Å². The summed E-state index contributed by atoms with van der Waals surface area (Å²) in [6.07, 6.45) is 2.98. The van der Waals surface area contributed by atoms with Gasteiger partial charge >= 0.3 is 0 Å². The molecule has 1 unspecified atom stereocenters. The second kappa shape index (κ2) is 7.22. The third-order valence-electron chi connectivity index (χ3n) is 5.88. The molecule has 7 heteroatoms. The summed E-state index contributed by atoms with van der Waals surface area (Å²) in [5.74, 6) is 0.0172. The molecule has 0 radical (unpaired) electrons. The first-order chi connectivity index (χ1) is 13.4. The number of hydrogen-bond acceptors (Lipinski definition) is 4. The van der Waals surface area contributed by atoms with Crippen molar-refractivity contribution >= 4 is 27.3 Å². The molecule has 2 fully saturated rings. The lowest BCUT2D eigenvalue weighted by Gasteiger charge is -2.23. The summed E-state index contributed by atoms with van der Waals surface area (Å²) in [7, 11) is -3.74. The number of anilines is 2. The Bertz CT molecular complexity index is 983. The third kappa shape index (κ3) is 3.77. The molecule has 3 N–H and O–H groups in total. The number of carbonyl (C=O) groups is 1. The first-order valence-electron chi connectivity index (χ1n) is 9.60. The van der Waals surface area contributed by atoms with Crippen molar-refractivity contribution in [2.45, 2.75) is 31.1 Å². The number of aryl methyl sites for hydroxylation is 1. The SMILES string of the molecule is Cc1ccc(NC(=O)C2CC23CCNCC3)cc1S(=O)(=O)Nc1ccccc1. The molecule has 1 aliphatic carbocycles. The maximum Gasteiger partial charge on any atom is 0.262 e. The number of rotatable bonds is 5. The normalized spacial score (nSPS) is 20.5. The molecule has 2 aliphatic rings. The third-order valence-corrected chi connectivity index (χ3v) is 7.40. The van der Waals surface area contributed by atoms with E-state index >= 15 is 0 Å². The molecule has 0 bridgehead atoms. The fraction of sp³-hybridized carbons (Fsp3) is 0.381. The van der Waals surface area contributed by atoms with Crippen molar-refractivity contribution in [1.82, 2.24) is 5.32 Å². The van der Waals surface area contributed by atoms with Crippen molar-refractivity contribution in [3.05, 3.63) is 54.1 Å². The molecule has 1 aliphatic heterocycles. The maximum atomic E-state index is 12.8. The van der Waals surface area contributed by atoms with Crippen molar-refractivity contribution in [2.24, 2.45) is 11.3 Å². The Hall–Kier alpha value is -2.38. The van der Waals surface area contributed by atoms with Gasteiger partial charge in [0.1, 0.15) is 0 Å². The summed E-state index contributed by atoms with van der Waals surface area (Å²) in [5.41, 5.74) is 1.79. The molecule has 1 atom stereocenters. The molecular formula is C21H25N3O3S. The van der Waals surface area contributed by atoms with Crippen molar-refractivity contribution < 1.29 is 13.2 Å². The molecule has 28 heavy (non-hydrogen) atoms. The minimum absolute atomic E-state index is 0.00915. The Morgan fingerprint density at radius 1 is 1.07 bits per heavy atom. The minimum atomic E-state index is -3.74. The smallest absolute Gasteiger partial charge is 0.262 e. The topological polar surface area (TPSA) is 87.3 Å². The maximum absolute atomic E-state index is 12.8. The summed E-state index contributed by atoms with van der Waals surface area (Å²) in [4.78, 5) is 12.9. The minimum Gasteiger partial charge on any atom is -0.326 e. The average molecular weight is 400 g/mol. The zero-order valence-corrected chi connectivity index (χ0v) is 16.7. The van der Waals surface area contributed by atoms with E-state index in [-0.39, 0.29) is 22.1 Å². The molecular weight excluding hydrogens is 374 g/mol. The van der Waals surface area contributed by atoms with Crippen molar-refractivity contribution in [2.75, 3.05) is 23.1 Å². The molecule has 1 saturated carbocycles. The number of nitrogens with one attached hydrogen (secondary N) is 3. The van der Waals surface area contributed by atoms with E-state index in [0.717, 1.165) is 32.4 Å². The monoisotopic (exact) mass is 399 g/mol. The number of amides is 1. The summed E-state index contributed by atoms with van der Waals surface area (Å²) in [5, 5.41) is 6.26. The highest BCUT2D eigenvalue weighted by Gasteiger charge is 2.57. The standard InChI is InChI=1S/C21H25N3O3S/c1-15-7-8-17(23-20(25)18-14-21(18)9-11-22-12-10-21)13-19(15)28(26,27)24-16-5-3-2-4-6-16/h2-8,13,18,22,24H,9-12,14H2,1H3,(H,23,25). The van der Waals surface area contributed by atoms with Gasteiger partial charge in [-0.2, -0.15) is 0 Å². The van der Waals surface area contributed by atoms with E-state index in [0.29, 0.717) is 16.9 Å². The Labute approximate surface area is 165 Å². The second-order valence-corrected chi connectivity index (χ2v) is 9.46. The Morgan fingerprint density at radius 2 is 1.79 bits per heavy atom. The predicted octanol–water partition coefficient (Wildman–Crippen LogP) is 3.12. The lowest BCUT2D eigenvalue weighted by atomic mass is 9.92. The van der Waals surface area contributed by atoms with Crippen LogP contribution in [0.4, 0.5) is 11.4 Å². The predicted molar refractivity (Wildman–Crippen MR) is 110 cm³/mol. The Morgan fingerprint density at radius 3 is 2.50 bits per heavy atom. The van der Waals surface area contributed by atoms with Gasteiger partial charge in [-0.3, -0.25) is 9.52 Å². The van der Waals surface area contributed by atoms with Crippen LogP contribution in [-0.4, -0.2) is 27.4 Å². The summed E-state index contributed by atoms with van der Waals surface area (Å²) in [6, 6.07) is 13.8. The van der Waals surface area contributed by atoms with Gasteiger partial charge in [-0.25, -0.2) is 8.42 Å². The van der Waals surface area contributed by atoms with Gasteiger partial charge in [0, 0.05) is 17.3 Å². The highest BCUT2D eigenvalue weighted by Crippen LogP contribution is 2.58. The fourth-order valence-corrected chi connectivity index (χ4v) is 5.44. The molecule has 4 rings (SSSR count). The van der Waals surface area contributed by atoms with Crippen LogP contribution in [0.25, 0.3) is 0 Å². The molecule has 1 heterocycles. The fourth-order valence-electron chi connectivity index (χ4n) is 4.11. The molecule has 1 amide bonds. The molecule has 2 aromatic rings. The molecule has 0 aromatic heterocycles. The van der Waals surface area contributed by atoms with Gasteiger partial charge in [0.2, 0.25) is 5.91 Å². The molecule has 6 nitrogen and oxygen atoms in total. The van der Waals surface area contributed by atoms with E-state index in [2.05, 4.69) is 15.4 Å². The number of carbonyl (C=O) groups excluding carboxylic acids is 1. The van der Waals surface area contributed by atoms with Crippen LogP contribution in [0, 0.1) is 18.3 Å². The van der Waals surface area contributed by atoms with Gasteiger partial charge < -0.3 is 10.6 Å². The van der Waals surface area contributed by atoms with Crippen LogP contribution in [0.15, 0.2) is 53.4 Å². The Balaban J connectivity index is 1.50. The van der Waals surface area contributed by atoms with E-state index in [1.807, 2.05) is 6.07 Å². The number of para-hydroxylation sites is 1. The summed E-state index contributed by atoms with van der Waals surface area (Å²) in [6.45, 7) is 3.67. The number of sulfonamides is 1. The van der Waals surface area contributed by atoms with E-state index in [1.165, 1.54) is 6.07 Å². The molecule has 1 spiro atoms. The highest BCUT2D eigenvalue weighted by molar-refractivity contribution is 7.92. The van der Waals surface area contributed by atoms with E-state index in [4.69, 9.17) is 0 Å². The number of hydrogen-bond donors (Lipinski definition) is 3. The lowest BCUT2D eigenvalue weighted by Crippen LogP contribution is -2.31. The van der Waals surface area contributed by atoms with Gasteiger partial charge in [-0.15, -0.1) is 0 Å². The van der Waals surface area contributed by atoms with Crippen molar-refractivity contribution in [3.63, 3.8) is 0 Å². The van der Waals surface area contributed by atoms with Crippen LogP contribution in [0.2, 0.25) is 0 Å². The van der Waals surface area contributed by atoms with Crippen LogP contribution >= 0.6 is 0 Å². The lowest BCUT2D eigenvalue weighted by molar-refractivity contribution is -0.118. The van der Waals surface area contributed by atoms with Gasteiger partial charge in [0.15, 0.2) is 0 Å². The number of benzene rings is 2. The van der Waals surface area contributed by atoms with Gasteiger partial charge in [-0.1, -0.05) is 24.3 Å². The van der Waals surface area contributed by atoms with Crippen LogP contribution in [0.5, 0.6) is 0 Å². The summed E-state index contributed by atoms with van der Waals surface area (Å²) < 4.78 is 28.2. The first-order valence-corrected chi connectivity index (χ1v) is 11.1. The first kappa shape index (κ1) is 19.0. The van der Waals surface area contributed by atoms with E-state index < -0.39 is 10.0 Å². The quantitative estimate of drug-likeness (QED) is 0.721. The van der Waals surface area contributed by atoms with E-state index in [1.54, 1.807) is 43.3 Å². The van der Waals surface area contributed by atoms with Gasteiger partial charge in [0.05, 0.1) is 4.90 Å². The largest absolute Gasteiger partial charge is 0.326 e. The van der Waals surface area contributed by atoms with Crippen LogP contribution < -0.4 is 15.4 Å². The zero-order valence-electron chi connectivity index (χ0n) is 15.9. The average Bonchev–Trinajstić information content (AvgIpc) is 3.37. The van der Waals surface area contributed by atoms with Crippen molar-refractivity contribution in [1.29, 1.82) is 0 Å². The summed E-state index contributed by atoms with van der Waals surface area (Å²) >= 11 is 0. The molecule has 1 saturated heterocycles. The molecule has 2 aromatic carbocycles. The molecule has 148 valence electrons. The van der Waals surface area contributed by atoms with Gasteiger partial charge in [0.25, 0.3) is 10.0 Å². The zero-order chi connectivity index (χ0) is 19.8.